The second kappa shape index (κ2) is 12.9. The number of nitrogens with two attached hydrogens (primary N) is 1. The number of nitrogens with one attached hydrogen (secondary N) is 3. The molecule has 0 spiro atoms. The minimum absolute atomic E-state index is 0.128. The van der Waals surface area contributed by atoms with Crippen LogP contribution in [0.1, 0.15) is 68.4 Å². The average Bonchev–Trinajstić information content (AvgIpc) is 3.20. The number of ether oxygens (including phenoxy) is 1. The highest BCUT2D eigenvalue weighted by Crippen LogP contribution is 2.43. The number of carbonyl (C=O) groups is 2. The summed E-state index contributed by atoms with van der Waals surface area (Å²) in [4.78, 5) is 29.0. The number of rotatable bonds is 11. The van der Waals surface area contributed by atoms with Gasteiger partial charge in [-0.05, 0) is 83.1 Å². The molecule has 1 heterocycles. The number of nitrogens with zero attached hydrogens (tertiary/aromatic N) is 1. The van der Waals surface area contributed by atoms with Gasteiger partial charge >= 0.3 is 0 Å². The van der Waals surface area contributed by atoms with Gasteiger partial charge in [0.25, 0.3) is 10.0 Å². The van der Waals surface area contributed by atoms with Gasteiger partial charge in [-0.2, -0.15) is 0 Å². The van der Waals surface area contributed by atoms with E-state index in [-0.39, 0.29) is 35.3 Å². The number of sulfonamides is 1. The van der Waals surface area contributed by atoms with E-state index in [9.17, 15) is 18.0 Å². The van der Waals surface area contributed by atoms with Crippen LogP contribution in [0, 0.1) is 20.8 Å². The average molecular weight is 586 g/mol. The van der Waals surface area contributed by atoms with Crippen molar-refractivity contribution in [2.45, 2.75) is 96.7 Å². The predicted octanol–water partition coefficient (Wildman–Crippen LogP) is 2.95. The first-order valence-electron chi connectivity index (χ1n) is 13.9. The maximum Gasteiger partial charge on any atom is 0.264 e. The molecule has 0 saturated heterocycles. The van der Waals surface area contributed by atoms with Gasteiger partial charge in [0.2, 0.25) is 17.8 Å². The molecule has 2 aromatic carbocycles. The van der Waals surface area contributed by atoms with Crippen LogP contribution in [0.5, 0.6) is 5.75 Å². The summed E-state index contributed by atoms with van der Waals surface area (Å²) in [6.45, 7) is 12.8. The summed E-state index contributed by atoms with van der Waals surface area (Å²) in [5.74, 6) is -0.0967. The Kier molecular flexibility index (Phi) is 10.1. The Hall–Kier alpha value is -3.60. The van der Waals surface area contributed by atoms with Crippen LogP contribution >= 0.6 is 0 Å². The number of amides is 2. The van der Waals surface area contributed by atoms with E-state index >= 15 is 0 Å². The van der Waals surface area contributed by atoms with Gasteiger partial charge in [0.1, 0.15) is 17.4 Å². The zero-order chi connectivity index (χ0) is 30.5. The zero-order valence-corrected chi connectivity index (χ0v) is 25.9. The third kappa shape index (κ3) is 8.22. The van der Waals surface area contributed by atoms with Gasteiger partial charge < -0.3 is 21.1 Å². The molecule has 11 heteroatoms. The van der Waals surface area contributed by atoms with Crippen molar-refractivity contribution in [2.24, 2.45) is 10.7 Å². The molecule has 0 aliphatic carbocycles. The number of hydrogen-bond acceptors (Lipinski definition) is 6. The second-order valence-corrected chi connectivity index (χ2v) is 13.0. The highest BCUT2D eigenvalue weighted by molar-refractivity contribution is 7.90. The fourth-order valence-corrected chi connectivity index (χ4v) is 6.76. The van der Waals surface area contributed by atoms with Crippen molar-refractivity contribution in [3.8, 4) is 5.75 Å². The molecule has 2 amide bonds. The Labute approximate surface area is 243 Å². The standard InChI is InChI=1S/C30H43N5O5S/c1-18(16-23-12-9-8-10-13-23)33-28(37)25(34-22(5)36)14-11-15-32-29(31)35-41(38,39)27-20(3)19(2)26-24(21(27)4)17-30(6,7)40-26/h8-10,12-13,18,25H,11,14-17H2,1-7H3,(H,33,37)(H,34,36)(H3,31,32,35). The lowest BCUT2D eigenvalue weighted by molar-refractivity contribution is -0.128. The van der Waals surface area contributed by atoms with Gasteiger partial charge in [0.05, 0.1) is 4.90 Å². The molecule has 2 unspecified atom stereocenters. The Bertz CT molecular complexity index is 1420. The summed E-state index contributed by atoms with van der Waals surface area (Å²) in [6.07, 6.45) is 1.98. The van der Waals surface area contributed by atoms with Crippen LogP contribution in [-0.2, 0) is 32.5 Å². The molecule has 2 atom stereocenters. The van der Waals surface area contributed by atoms with E-state index in [1.807, 2.05) is 58.0 Å². The van der Waals surface area contributed by atoms with Crippen LogP contribution < -0.4 is 25.8 Å². The zero-order valence-electron chi connectivity index (χ0n) is 25.1. The van der Waals surface area contributed by atoms with Crippen molar-refractivity contribution in [1.29, 1.82) is 0 Å². The molecule has 224 valence electrons. The van der Waals surface area contributed by atoms with Gasteiger partial charge in [-0.25, -0.2) is 13.1 Å². The maximum atomic E-state index is 13.4. The number of fused-ring (bicyclic) bond motifs is 1. The topological polar surface area (TPSA) is 152 Å². The molecule has 3 rings (SSSR count). The largest absolute Gasteiger partial charge is 0.487 e. The summed E-state index contributed by atoms with van der Waals surface area (Å²) < 4.78 is 35.2. The van der Waals surface area contributed by atoms with E-state index in [2.05, 4.69) is 20.3 Å². The van der Waals surface area contributed by atoms with Crippen LogP contribution in [0.4, 0.5) is 0 Å². The SMILES string of the molecule is CC(=O)NC(CCCN=C(N)NS(=O)(=O)c1c(C)c(C)c2c(c1C)CC(C)(C)O2)C(=O)NC(C)Cc1ccccc1. The number of hydrogen-bond donors (Lipinski definition) is 4. The molecule has 0 saturated carbocycles. The van der Waals surface area contributed by atoms with Crippen molar-refractivity contribution in [3.63, 3.8) is 0 Å². The molecule has 0 fully saturated rings. The van der Waals surface area contributed by atoms with E-state index in [1.165, 1.54) is 6.92 Å². The van der Waals surface area contributed by atoms with Crippen molar-refractivity contribution in [2.75, 3.05) is 6.54 Å². The summed E-state index contributed by atoms with van der Waals surface area (Å²) in [6, 6.07) is 8.94. The van der Waals surface area contributed by atoms with Crippen LogP contribution in [0.2, 0.25) is 0 Å². The highest BCUT2D eigenvalue weighted by Gasteiger charge is 2.36. The lowest BCUT2D eigenvalue weighted by Crippen LogP contribution is -2.49. The van der Waals surface area contributed by atoms with Gasteiger partial charge in [-0.3, -0.25) is 14.6 Å². The molecule has 5 N–H and O–H groups in total. The molecule has 0 bridgehead atoms. The van der Waals surface area contributed by atoms with E-state index in [1.54, 1.807) is 13.8 Å². The number of guanidine groups is 1. The Balaban J connectivity index is 1.62. The van der Waals surface area contributed by atoms with E-state index in [0.717, 1.165) is 22.4 Å². The first-order chi connectivity index (χ1) is 19.1. The highest BCUT2D eigenvalue weighted by atomic mass is 32.2. The fraction of sp³-hybridized carbons (Fsp3) is 0.500. The molecule has 0 radical (unpaired) electrons. The maximum absolute atomic E-state index is 13.4. The van der Waals surface area contributed by atoms with Crippen molar-refractivity contribution < 1.29 is 22.7 Å². The van der Waals surface area contributed by atoms with Crippen LogP contribution in [0.25, 0.3) is 0 Å². The van der Waals surface area contributed by atoms with Gasteiger partial charge in [-0.1, -0.05) is 30.3 Å². The van der Waals surface area contributed by atoms with Crippen molar-refractivity contribution in [1.82, 2.24) is 15.4 Å². The number of benzene rings is 2. The normalized spacial score (nSPS) is 15.8. The molecular formula is C30H43N5O5S. The second-order valence-electron chi connectivity index (χ2n) is 11.4. The molecule has 1 aliphatic heterocycles. The van der Waals surface area contributed by atoms with Gasteiger partial charge in [0, 0.05) is 31.5 Å². The monoisotopic (exact) mass is 585 g/mol. The molecular weight excluding hydrogens is 542 g/mol. The first-order valence-corrected chi connectivity index (χ1v) is 15.4. The smallest absolute Gasteiger partial charge is 0.264 e. The summed E-state index contributed by atoms with van der Waals surface area (Å²) in [5.41, 5.74) is 9.57. The molecule has 2 aromatic rings. The summed E-state index contributed by atoms with van der Waals surface area (Å²) in [7, 11) is -4.01. The minimum atomic E-state index is -4.01. The lowest BCUT2D eigenvalue weighted by Gasteiger charge is -2.21. The van der Waals surface area contributed by atoms with Crippen LogP contribution in [-0.4, -0.2) is 50.4 Å². The quantitative estimate of drug-likeness (QED) is 0.181. The van der Waals surface area contributed by atoms with Gasteiger partial charge in [-0.15, -0.1) is 0 Å². The lowest BCUT2D eigenvalue weighted by atomic mass is 9.94. The summed E-state index contributed by atoms with van der Waals surface area (Å²) in [5, 5.41) is 5.64. The number of carbonyl (C=O) groups excluding carboxylic acids is 2. The Morgan fingerprint density at radius 2 is 1.73 bits per heavy atom. The third-order valence-corrected chi connectivity index (χ3v) is 8.83. The molecule has 1 aliphatic rings. The van der Waals surface area contributed by atoms with Crippen LogP contribution in [0.3, 0.4) is 0 Å². The van der Waals surface area contributed by atoms with Gasteiger partial charge in [0.15, 0.2) is 0 Å². The van der Waals surface area contributed by atoms with E-state index in [0.29, 0.717) is 36.8 Å². The molecule has 0 aromatic heterocycles. The molecule has 10 nitrogen and oxygen atoms in total. The minimum Gasteiger partial charge on any atom is -0.487 e. The van der Waals surface area contributed by atoms with Crippen LogP contribution in [0.15, 0.2) is 40.2 Å². The first kappa shape index (κ1) is 31.9. The Morgan fingerprint density at radius 3 is 2.37 bits per heavy atom. The van der Waals surface area contributed by atoms with E-state index in [4.69, 9.17) is 10.5 Å². The Morgan fingerprint density at radius 1 is 1.07 bits per heavy atom. The van der Waals surface area contributed by atoms with E-state index < -0.39 is 21.7 Å². The molecule has 41 heavy (non-hydrogen) atoms. The summed E-state index contributed by atoms with van der Waals surface area (Å²) >= 11 is 0. The third-order valence-electron chi connectivity index (χ3n) is 7.20. The predicted molar refractivity (Wildman–Crippen MR) is 160 cm³/mol. The van der Waals surface area contributed by atoms with Crippen molar-refractivity contribution >= 4 is 27.8 Å². The fourth-order valence-electron chi connectivity index (χ4n) is 5.24. The number of aliphatic imine (C=N–C) groups is 1. The van der Waals surface area contributed by atoms with Crippen molar-refractivity contribution in [3.05, 3.63) is 58.1 Å².